The van der Waals surface area contributed by atoms with E-state index in [-0.39, 0.29) is 6.10 Å². The molecule has 1 unspecified atom stereocenters. The monoisotopic (exact) mass is 393 g/mol. The van der Waals surface area contributed by atoms with E-state index in [4.69, 9.17) is 14.2 Å². The predicted molar refractivity (Wildman–Crippen MR) is 85.1 cm³/mol. The van der Waals surface area contributed by atoms with Crippen molar-refractivity contribution in [1.29, 1.82) is 0 Å². The molecule has 0 spiro atoms. The topological polar surface area (TPSA) is 27.7 Å². The van der Waals surface area contributed by atoms with Crippen molar-refractivity contribution in [3.8, 4) is 0 Å². The van der Waals surface area contributed by atoms with E-state index in [1.54, 1.807) is 0 Å². The molecule has 0 fully saturated rings. The van der Waals surface area contributed by atoms with Gasteiger partial charge in [0.1, 0.15) is 0 Å². The Morgan fingerprint density at radius 2 is 1.25 bits per heavy atom. The average Bonchev–Trinajstić information content (AvgIpc) is 2.44. The number of rotatable bonds is 14. The summed E-state index contributed by atoms with van der Waals surface area (Å²) in [5.74, 6) is 0. The average molecular weight is 392 g/mol. The van der Waals surface area contributed by atoms with E-state index in [1.807, 2.05) is 0 Å². The van der Waals surface area contributed by atoms with Crippen molar-refractivity contribution in [2.45, 2.75) is 82.5 Å². The Morgan fingerprint density at radius 3 is 1.65 bits per heavy atom. The van der Waals surface area contributed by atoms with E-state index < -0.39 is 3.80 Å². The third-order valence-electron chi connectivity index (χ3n) is 3.24. The number of unbranched alkanes of at least 4 members (excludes halogenated alkanes) is 3. The van der Waals surface area contributed by atoms with Crippen LogP contribution in [0.4, 0.5) is 0 Å². The summed E-state index contributed by atoms with van der Waals surface area (Å²) in [6, 6.07) is 0. The van der Waals surface area contributed by atoms with Gasteiger partial charge in [-0.25, -0.2) is 0 Å². The molecule has 0 saturated carbocycles. The summed E-state index contributed by atoms with van der Waals surface area (Å²) < 4.78 is 17.7. The van der Waals surface area contributed by atoms with E-state index in [2.05, 4.69) is 27.7 Å². The molecule has 1 atom stereocenters. The van der Waals surface area contributed by atoms with Crippen molar-refractivity contribution >= 4 is 22.5 Å². The molecular weight excluding hydrogens is 359 g/mol. The van der Waals surface area contributed by atoms with E-state index >= 15 is 0 Å². The molecule has 0 aromatic carbocycles. The molecule has 4 heteroatoms. The van der Waals surface area contributed by atoms with Gasteiger partial charge in [0.15, 0.2) is 0 Å². The summed E-state index contributed by atoms with van der Waals surface area (Å²) in [5, 5.41) is 0. The van der Waals surface area contributed by atoms with Gasteiger partial charge in [-0.05, 0) is 0 Å². The van der Waals surface area contributed by atoms with Crippen LogP contribution in [0.1, 0.15) is 72.6 Å². The molecule has 3 nitrogen and oxygen atoms in total. The molecular formula is C16H33O3Sn. The summed E-state index contributed by atoms with van der Waals surface area (Å²) in [4.78, 5) is 0. The minimum atomic E-state index is -0.514. The van der Waals surface area contributed by atoms with Crippen molar-refractivity contribution in [1.82, 2.24) is 0 Å². The van der Waals surface area contributed by atoms with Crippen molar-refractivity contribution in [2.75, 3.05) is 19.8 Å². The maximum atomic E-state index is 6.09. The second kappa shape index (κ2) is 13.3. The Balaban J connectivity index is 4.48. The molecule has 0 N–H and O–H groups in total. The molecule has 0 bridgehead atoms. The Morgan fingerprint density at radius 1 is 0.800 bits per heavy atom. The van der Waals surface area contributed by atoms with Gasteiger partial charge >= 0.3 is 139 Å². The quantitative estimate of drug-likeness (QED) is 0.254. The van der Waals surface area contributed by atoms with Crippen molar-refractivity contribution in [2.24, 2.45) is 0 Å². The zero-order chi connectivity index (χ0) is 15.3. The fourth-order valence-electron chi connectivity index (χ4n) is 1.83. The van der Waals surface area contributed by atoms with E-state index in [9.17, 15) is 0 Å². The first-order chi connectivity index (χ1) is 9.64. The molecule has 0 saturated heterocycles. The second-order valence-corrected chi connectivity index (χ2v) is 7.18. The summed E-state index contributed by atoms with van der Waals surface area (Å²) in [7, 11) is 0. The van der Waals surface area contributed by atoms with Gasteiger partial charge in [-0.3, -0.25) is 0 Å². The third-order valence-corrected chi connectivity index (χ3v) is 4.98. The van der Waals surface area contributed by atoms with Crippen LogP contribution in [-0.4, -0.2) is 52.3 Å². The fraction of sp³-hybridized carbons (Fsp3) is 1.00. The Hall–Kier alpha value is 0.679. The van der Waals surface area contributed by atoms with Crippen LogP contribution in [0.25, 0.3) is 0 Å². The van der Waals surface area contributed by atoms with E-state index in [1.165, 1.54) is 22.5 Å². The van der Waals surface area contributed by atoms with Crippen LogP contribution in [0.3, 0.4) is 0 Å². The zero-order valence-corrected chi connectivity index (χ0v) is 16.7. The number of hydrogen-bond acceptors (Lipinski definition) is 3. The van der Waals surface area contributed by atoms with Crippen LogP contribution in [0, 0.1) is 0 Å². The van der Waals surface area contributed by atoms with Gasteiger partial charge in [0, 0.05) is 0 Å². The first-order valence-electron chi connectivity index (χ1n) is 8.29. The summed E-state index contributed by atoms with van der Waals surface area (Å²) in [5.41, 5.74) is 0. The predicted octanol–water partition coefficient (Wildman–Crippen LogP) is 4.04. The van der Waals surface area contributed by atoms with E-state index in [0.717, 1.165) is 64.8 Å². The fourth-order valence-corrected chi connectivity index (χ4v) is 3.23. The van der Waals surface area contributed by atoms with Gasteiger partial charge in [0.25, 0.3) is 0 Å². The second-order valence-electron chi connectivity index (χ2n) is 5.19. The summed E-state index contributed by atoms with van der Waals surface area (Å²) in [6.45, 7) is 11.0. The third kappa shape index (κ3) is 8.85. The van der Waals surface area contributed by atoms with Crippen LogP contribution >= 0.6 is 0 Å². The Bertz CT molecular complexity index is 202. The van der Waals surface area contributed by atoms with Crippen molar-refractivity contribution < 1.29 is 14.2 Å². The first kappa shape index (κ1) is 20.7. The van der Waals surface area contributed by atoms with Gasteiger partial charge in [-0.15, -0.1) is 0 Å². The molecule has 0 aliphatic heterocycles. The van der Waals surface area contributed by atoms with Gasteiger partial charge in [-0.1, -0.05) is 0 Å². The number of hydrogen-bond donors (Lipinski definition) is 0. The standard InChI is InChI=1S/C16H33O3.Sn/c1-5-9-12-17-15(8-4)16(18-13-10-6-2)19-14-11-7-3;/h15H,5-14H2,1-4H3;. The van der Waals surface area contributed by atoms with Gasteiger partial charge in [0.05, 0.1) is 0 Å². The molecule has 0 aliphatic rings. The van der Waals surface area contributed by atoms with Crippen molar-refractivity contribution in [3.05, 3.63) is 0 Å². The number of ether oxygens (including phenoxy) is 3. The Labute approximate surface area is 139 Å². The molecule has 0 heterocycles. The molecule has 20 heavy (non-hydrogen) atoms. The molecule has 0 aromatic heterocycles. The summed E-state index contributed by atoms with van der Waals surface area (Å²) >= 11 is 1.26. The van der Waals surface area contributed by atoms with Crippen molar-refractivity contribution in [3.63, 3.8) is 0 Å². The maximum absolute atomic E-state index is 6.09. The molecule has 0 amide bonds. The zero-order valence-electron chi connectivity index (χ0n) is 13.9. The minimum absolute atomic E-state index is 0.0564. The van der Waals surface area contributed by atoms with Crippen LogP contribution in [0.2, 0.25) is 0 Å². The van der Waals surface area contributed by atoms with Gasteiger partial charge in [-0.2, -0.15) is 0 Å². The van der Waals surface area contributed by atoms with Crippen LogP contribution in [0.5, 0.6) is 0 Å². The Kier molecular flexibility index (Phi) is 13.8. The molecule has 0 aromatic rings. The van der Waals surface area contributed by atoms with Gasteiger partial charge < -0.3 is 0 Å². The molecule has 0 aliphatic carbocycles. The summed E-state index contributed by atoms with van der Waals surface area (Å²) in [6.07, 6.45) is 7.72. The molecule has 0 rings (SSSR count). The first-order valence-corrected chi connectivity index (χ1v) is 9.71. The van der Waals surface area contributed by atoms with Crippen LogP contribution in [-0.2, 0) is 14.2 Å². The van der Waals surface area contributed by atoms with E-state index in [0.29, 0.717) is 0 Å². The van der Waals surface area contributed by atoms with Gasteiger partial charge in [0.2, 0.25) is 0 Å². The van der Waals surface area contributed by atoms with Crippen LogP contribution in [0.15, 0.2) is 0 Å². The normalized spacial score (nSPS) is 13.7. The SMILES string of the molecule is CCCCOC(CC)[C]([Sn])(OCCCC)OCCCC. The van der Waals surface area contributed by atoms with Crippen LogP contribution < -0.4 is 0 Å². The molecule has 119 valence electrons. The molecule has 3 radical (unpaired) electrons.